The Kier molecular flexibility index (Phi) is 4.63. The van der Waals surface area contributed by atoms with E-state index in [1.54, 1.807) is 31.4 Å². The maximum atomic E-state index is 11.4. The van der Waals surface area contributed by atoms with Gasteiger partial charge in [0.15, 0.2) is 0 Å². The lowest BCUT2D eigenvalue weighted by Gasteiger charge is -2.04. The van der Waals surface area contributed by atoms with Crippen LogP contribution in [0, 0.1) is 0 Å². The van der Waals surface area contributed by atoms with Crippen LogP contribution in [0.4, 0.5) is 0 Å². The first kappa shape index (κ1) is 11.5. The van der Waals surface area contributed by atoms with Gasteiger partial charge >= 0.3 is 5.97 Å². The molecule has 0 bridgehead atoms. The van der Waals surface area contributed by atoms with Crippen molar-refractivity contribution in [2.45, 2.75) is 6.42 Å². The number of hydrogen-bond donors (Lipinski definition) is 1. The van der Waals surface area contributed by atoms with Crippen molar-refractivity contribution in [3.8, 4) is 5.75 Å². The van der Waals surface area contributed by atoms with Gasteiger partial charge in [-0.2, -0.15) is 0 Å². The number of carbonyl (C=O) groups is 1. The minimum absolute atomic E-state index is 0.0237. The van der Waals surface area contributed by atoms with E-state index in [0.717, 1.165) is 0 Å². The van der Waals surface area contributed by atoms with Crippen molar-refractivity contribution >= 4 is 5.97 Å². The maximum Gasteiger partial charge on any atom is 0.338 e. The fourth-order valence-corrected chi connectivity index (χ4v) is 1.04. The lowest BCUT2D eigenvalue weighted by atomic mass is 10.2. The molecule has 0 aromatic heterocycles. The van der Waals surface area contributed by atoms with Gasteiger partial charge in [-0.25, -0.2) is 4.79 Å². The van der Waals surface area contributed by atoms with E-state index in [1.807, 2.05) is 0 Å². The van der Waals surface area contributed by atoms with Crippen LogP contribution in [-0.2, 0) is 4.74 Å². The van der Waals surface area contributed by atoms with Crippen molar-refractivity contribution < 1.29 is 19.4 Å². The van der Waals surface area contributed by atoms with Gasteiger partial charge in [-0.05, 0) is 24.3 Å². The summed E-state index contributed by atoms with van der Waals surface area (Å²) in [4.78, 5) is 11.4. The Bertz CT molecular complexity index is 305. The summed E-state index contributed by atoms with van der Waals surface area (Å²) in [5.41, 5.74) is 0.480. The summed E-state index contributed by atoms with van der Waals surface area (Å²) in [6.45, 7) is 0.261. The molecule has 0 aliphatic heterocycles. The summed E-state index contributed by atoms with van der Waals surface area (Å²) < 4.78 is 9.86. The smallest absolute Gasteiger partial charge is 0.338 e. The van der Waals surface area contributed by atoms with Gasteiger partial charge in [0.2, 0.25) is 0 Å². The molecule has 0 unspecified atom stereocenters. The van der Waals surface area contributed by atoms with Gasteiger partial charge in [-0.3, -0.25) is 0 Å². The summed E-state index contributed by atoms with van der Waals surface area (Å²) in [6, 6.07) is 6.67. The highest BCUT2D eigenvalue weighted by Crippen LogP contribution is 2.11. The molecule has 1 aromatic rings. The fraction of sp³-hybridized carbons (Fsp3) is 0.364. The third-order valence-electron chi connectivity index (χ3n) is 1.86. The van der Waals surface area contributed by atoms with Crippen LogP contribution in [-0.4, -0.2) is 31.4 Å². The monoisotopic (exact) mass is 210 g/mol. The van der Waals surface area contributed by atoms with Crippen LogP contribution in [0.2, 0.25) is 0 Å². The average Bonchev–Trinajstić information content (AvgIpc) is 2.29. The largest absolute Gasteiger partial charge is 0.497 e. The molecule has 0 heterocycles. The molecule has 0 aliphatic rings. The first-order valence-electron chi connectivity index (χ1n) is 4.70. The number of ether oxygens (including phenoxy) is 2. The molecule has 0 spiro atoms. The minimum Gasteiger partial charge on any atom is -0.497 e. The van der Waals surface area contributed by atoms with Gasteiger partial charge in [0.05, 0.1) is 19.3 Å². The zero-order valence-electron chi connectivity index (χ0n) is 8.60. The van der Waals surface area contributed by atoms with Crippen LogP contribution >= 0.6 is 0 Å². The van der Waals surface area contributed by atoms with Crippen molar-refractivity contribution in [2.75, 3.05) is 20.3 Å². The van der Waals surface area contributed by atoms with Gasteiger partial charge in [0.1, 0.15) is 5.75 Å². The molecule has 1 N–H and O–H groups in total. The number of hydrogen-bond acceptors (Lipinski definition) is 4. The standard InChI is InChI=1S/C11H14O4/c1-14-10-5-3-9(4-6-10)11(13)15-8-2-7-12/h3-6,12H,2,7-8H2,1H3. The molecule has 0 aliphatic carbocycles. The Hall–Kier alpha value is -1.55. The summed E-state index contributed by atoms with van der Waals surface area (Å²) in [5, 5.41) is 8.51. The Morgan fingerprint density at radius 3 is 2.53 bits per heavy atom. The SMILES string of the molecule is COc1ccc(C(=O)OCCCO)cc1. The molecular formula is C11H14O4. The maximum absolute atomic E-state index is 11.4. The predicted octanol–water partition coefficient (Wildman–Crippen LogP) is 1.23. The van der Waals surface area contributed by atoms with Gasteiger partial charge < -0.3 is 14.6 Å². The normalized spacial score (nSPS) is 9.73. The molecule has 15 heavy (non-hydrogen) atoms. The molecule has 0 atom stereocenters. The molecule has 0 saturated heterocycles. The first-order chi connectivity index (χ1) is 7.27. The van der Waals surface area contributed by atoms with Crippen LogP contribution in [0.5, 0.6) is 5.75 Å². The van der Waals surface area contributed by atoms with E-state index in [-0.39, 0.29) is 19.2 Å². The molecule has 0 fully saturated rings. The van der Waals surface area contributed by atoms with Gasteiger partial charge in [0.25, 0.3) is 0 Å². The number of methoxy groups -OCH3 is 1. The molecule has 4 heteroatoms. The van der Waals surface area contributed by atoms with E-state index in [2.05, 4.69) is 0 Å². The van der Waals surface area contributed by atoms with Crippen molar-refractivity contribution in [2.24, 2.45) is 0 Å². The van der Waals surface area contributed by atoms with E-state index < -0.39 is 0 Å². The Balaban J connectivity index is 2.50. The zero-order valence-corrected chi connectivity index (χ0v) is 8.60. The van der Waals surface area contributed by atoms with Gasteiger partial charge in [-0.15, -0.1) is 0 Å². The molecule has 4 nitrogen and oxygen atoms in total. The van der Waals surface area contributed by atoms with Crippen LogP contribution in [0.25, 0.3) is 0 Å². The molecule has 82 valence electrons. The van der Waals surface area contributed by atoms with Crippen LogP contribution in [0.15, 0.2) is 24.3 Å². The first-order valence-corrected chi connectivity index (χ1v) is 4.70. The van der Waals surface area contributed by atoms with E-state index in [9.17, 15) is 4.79 Å². The summed E-state index contributed by atoms with van der Waals surface area (Å²) in [5.74, 6) is 0.313. The van der Waals surface area contributed by atoms with Crippen molar-refractivity contribution in [3.63, 3.8) is 0 Å². The van der Waals surface area contributed by atoms with Crippen molar-refractivity contribution in [3.05, 3.63) is 29.8 Å². The number of carbonyl (C=O) groups excluding carboxylic acids is 1. The molecule has 1 aromatic carbocycles. The Morgan fingerprint density at radius 2 is 2.00 bits per heavy atom. The topological polar surface area (TPSA) is 55.8 Å². The Labute approximate surface area is 88.4 Å². The molecule has 1 rings (SSSR count). The van der Waals surface area contributed by atoms with E-state index in [0.29, 0.717) is 17.7 Å². The summed E-state index contributed by atoms with van der Waals surface area (Å²) in [6.07, 6.45) is 0.460. The quantitative estimate of drug-likeness (QED) is 0.586. The number of esters is 1. The number of aliphatic hydroxyl groups is 1. The van der Waals surface area contributed by atoms with Crippen LogP contribution in [0.1, 0.15) is 16.8 Å². The third kappa shape index (κ3) is 3.59. The average molecular weight is 210 g/mol. The summed E-state index contributed by atoms with van der Waals surface area (Å²) in [7, 11) is 1.56. The molecule has 0 radical (unpaired) electrons. The lowest BCUT2D eigenvalue weighted by molar-refractivity contribution is 0.0482. The van der Waals surface area contributed by atoms with E-state index in [1.165, 1.54) is 0 Å². The third-order valence-corrected chi connectivity index (χ3v) is 1.86. The van der Waals surface area contributed by atoms with E-state index in [4.69, 9.17) is 14.6 Å². The minimum atomic E-state index is -0.383. The van der Waals surface area contributed by atoms with Crippen LogP contribution in [0.3, 0.4) is 0 Å². The highest BCUT2D eigenvalue weighted by molar-refractivity contribution is 5.89. The molecule has 0 amide bonds. The highest BCUT2D eigenvalue weighted by atomic mass is 16.5. The Morgan fingerprint density at radius 1 is 1.33 bits per heavy atom. The van der Waals surface area contributed by atoms with Gasteiger partial charge in [-0.1, -0.05) is 0 Å². The van der Waals surface area contributed by atoms with Crippen molar-refractivity contribution in [1.82, 2.24) is 0 Å². The van der Waals surface area contributed by atoms with Crippen molar-refractivity contribution in [1.29, 1.82) is 0 Å². The second-order valence-corrected chi connectivity index (χ2v) is 2.94. The predicted molar refractivity (Wildman–Crippen MR) is 55.0 cm³/mol. The molecular weight excluding hydrogens is 196 g/mol. The summed E-state index contributed by atoms with van der Waals surface area (Å²) >= 11 is 0. The number of rotatable bonds is 5. The lowest BCUT2D eigenvalue weighted by Crippen LogP contribution is -2.07. The second kappa shape index (κ2) is 6.03. The highest BCUT2D eigenvalue weighted by Gasteiger charge is 2.06. The molecule has 0 saturated carbocycles. The van der Waals surface area contributed by atoms with Crippen LogP contribution < -0.4 is 4.74 Å². The second-order valence-electron chi connectivity index (χ2n) is 2.94. The van der Waals surface area contributed by atoms with E-state index >= 15 is 0 Å². The zero-order chi connectivity index (χ0) is 11.1. The fourth-order valence-electron chi connectivity index (χ4n) is 1.04. The number of benzene rings is 1. The number of aliphatic hydroxyl groups excluding tert-OH is 1. The van der Waals surface area contributed by atoms with Gasteiger partial charge in [0, 0.05) is 13.0 Å².